The van der Waals surface area contributed by atoms with Gasteiger partial charge in [-0.2, -0.15) is 0 Å². The summed E-state index contributed by atoms with van der Waals surface area (Å²) in [6.45, 7) is 1.98. The molecule has 0 aliphatic heterocycles. The first-order chi connectivity index (χ1) is 8.66. The summed E-state index contributed by atoms with van der Waals surface area (Å²) in [6.07, 6.45) is 4.72. The molecule has 0 saturated carbocycles. The third-order valence-electron chi connectivity index (χ3n) is 2.62. The molecule has 0 bridgehead atoms. The molecule has 0 aliphatic carbocycles. The largest absolute Gasteiger partial charge is 0.467 e. The Hall–Kier alpha value is -1.52. The van der Waals surface area contributed by atoms with Crippen LogP contribution >= 0.6 is 11.6 Å². The lowest BCUT2D eigenvalue weighted by molar-refractivity contribution is 0.136. The van der Waals surface area contributed by atoms with Gasteiger partial charge in [0.15, 0.2) is 0 Å². The van der Waals surface area contributed by atoms with Crippen LogP contribution in [-0.2, 0) is 0 Å². The number of rotatable bonds is 5. The monoisotopic (exact) mass is 266 g/mol. The Morgan fingerprint density at radius 3 is 3.00 bits per heavy atom. The Morgan fingerprint density at radius 2 is 2.33 bits per heavy atom. The lowest BCUT2D eigenvalue weighted by Crippen LogP contribution is -2.18. The van der Waals surface area contributed by atoms with E-state index in [0.717, 1.165) is 5.69 Å². The minimum Gasteiger partial charge on any atom is -0.467 e. The average Bonchev–Trinajstić information content (AvgIpc) is 2.85. The van der Waals surface area contributed by atoms with Gasteiger partial charge in [0.05, 0.1) is 17.0 Å². The molecule has 2 atom stereocenters. The Balaban J connectivity index is 1.93. The highest BCUT2D eigenvalue weighted by Gasteiger charge is 2.15. The molecular formula is C13H15ClN2O2. The number of aromatic nitrogens is 1. The Labute approximate surface area is 111 Å². The molecule has 5 heteroatoms. The molecule has 2 aromatic rings. The van der Waals surface area contributed by atoms with Crippen LogP contribution < -0.4 is 5.32 Å². The molecule has 0 amide bonds. The zero-order valence-electron chi connectivity index (χ0n) is 10.0. The van der Waals surface area contributed by atoms with Crippen molar-refractivity contribution in [3.05, 3.63) is 47.6 Å². The predicted octanol–water partition coefficient (Wildman–Crippen LogP) is 3.25. The number of anilines is 1. The Kier molecular flexibility index (Phi) is 4.23. The van der Waals surface area contributed by atoms with E-state index in [0.29, 0.717) is 17.2 Å². The molecular weight excluding hydrogens is 252 g/mol. The minimum atomic E-state index is -0.622. The molecule has 2 rings (SSSR count). The van der Waals surface area contributed by atoms with Crippen molar-refractivity contribution in [3.8, 4) is 0 Å². The second-order valence-corrected chi connectivity index (χ2v) is 4.58. The van der Waals surface area contributed by atoms with Crippen LogP contribution in [0.2, 0.25) is 5.02 Å². The van der Waals surface area contributed by atoms with Crippen molar-refractivity contribution >= 4 is 17.3 Å². The van der Waals surface area contributed by atoms with Crippen LogP contribution in [0.1, 0.15) is 25.2 Å². The van der Waals surface area contributed by atoms with E-state index in [9.17, 15) is 5.11 Å². The van der Waals surface area contributed by atoms with Crippen LogP contribution in [0.15, 0.2) is 41.3 Å². The maximum atomic E-state index is 9.95. The summed E-state index contributed by atoms with van der Waals surface area (Å²) in [5.41, 5.74) is 0.811. The molecule has 2 heterocycles. The molecule has 0 spiro atoms. The van der Waals surface area contributed by atoms with Gasteiger partial charge in [-0.25, -0.2) is 0 Å². The lowest BCUT2D eigenvalue weighted by atomic mass is 10.1. The van der Waals surface area contributed by atoms with Crippen molar-refractivity contribution in [1.29, 1.82) is 0 Å². The molecule has 2 N–H and O–H groups in total. The highest BCUT2D eigenvalue weighted by molar-refractivity contribution is 6.33. The van der Waals surface area contributed by atoms with E-state index in [1.165, 1.54) is 0 Å². The summed E-state index contributed by atoms with van der Waals surface area (Å²) in [6, 6.07) is 5.38. The van der Waals surface area contributed by atoms with E-state index < -0.39 is 6.10 Å². The van der Waals surface area contributed by atoms with Crippen LogP contribution in [0.3, 0.4) is 0 Å². The summed E-state index contributed by atoms with van der Waals surface area (Å²) in [4.78, 5) is 3.92. The van der Waals surface area contributed by atoms with Crippen molar-refractivity contribution < 1.29 is 9.52 Å². The summed E-state index contributed by atoms with van der Waals surface area (Å²) < 4.78 is 5.16. The Bertz CT molecular complexity index is 487. The minimum absolute atomic E-state index is 0.0602. The molecule has 0 saturated heterocycles. The number of hydrogen-bond donors (Lipinski definition) is 2. The van der Waals surface area contributed by atoms with Crippen LogP contribution in [0.4, 0.5) is 5.69 Å². The van der Waals surface area contributed by atoms with Gasteiger partial charge in [-0.1, -0.05) is 11.6 Å². The van der Waals surface area contributed by atoms with Crippen LogP contribution in [-0.4, -0.2) is 16.1 Å². The zero-order valence-corrected chi connectivity index (χ0v) is 10.8. The van der Waals surface area contributed by atoms with Gasteiger partial charge in [-0.05, 0) is 25.1 Å². The highest BCUT2D eigenvalue weighted by Crippen LogP contribution is 2.24. The van der Waals surface area contributed by atoms with Crippen LogP contribution in [0.25, 0.3) is 0 Å². The van der Waals surface area contributed by atoms with Gasteiger partial charge < -0.3 is 14.8 Å². The van der Waals surface area contributed by atoms with E-state index in [1.807, 2.05) is 6.92 Å². The zero-order chi connectivity index (χ0) is 13.0. The fourth-order valence-corrected chi connectivity index (χ4v) is 1.92. The molecule has 4 nitrogen and oxygen atoms in total. The normalized spacial score (nSPS) is 14.2. The molecule has 2 unspecified atom stereocenters. The lowest BCUT2D eigenvalue weighted by Gasteiger charge is -2.18. The molecule has 96 valence electrons. The average molecular weight is 267 g/mol. The third kappa shape index (κ3) is 3.24. The second kappa shape index (κ2) is 5.89. The van der Waals surface area contributed by atoms with E-state index in [1.54, 1.807) is 36.9 Å². The van der Waals surface area contributed by atoms with Crippen LogP contribution in [0.5, 0.6) is 0 Å². The molecule has 0 aromatic carbocycles. The fourth-order valence-electron chi connectivity index (χ4n) is 1.75. The van der Waals surface area contributed by atoms with Gasteiger partial charge in [0.1, 0.15) is 11.9 Å². The van der Waals surface area contributed by atoms with Gasteiger partial charge in [0, 0.05) is 24.9 Å². The van der Waals surface area contributed by atoms with E-state index in [4.69, 9.17) is 16.0 Å². The molecule has 18 heavy (non-hydrogen) atoms. The van der Waals surface area contributed by atoms with Crippen molar-refractivity contribution in [3.63, 3.8) is 0 Å². The standard InChI is InChI=1S/C13H15ClN2O2/c1-9(7-12(17)13-3-2-6-18-13)16-11-4-5-15-8-10(11)14/h2-6,8-9,12,17H,7H2,1H3,(H,15,16). The van der Waals surface area contributed by atoms with Gasteiger partial charge in [0.25, 0.3) is 0 Å². The first-order valence-electron chi connectivity index (χ1n) is 5.74. The quantitative estimate of drug-likeness (QED) is 0.872. The summed E-state index contributed by atoms with van der Waals surface area (Å²) in [5.74, 6) is 0.574. The number of aliphatic hydroxyl groups is 1. The number of hydrogen-bond acceptors (Lipinski definition) is 4. The number of nitrogens with one attached hydrogen (secondary N) is 1. The summed E-state index contributed by atoms with van der Waals surface area (Å²) in [5, 5.41) is 13.7. The van der Waals surface area contributed by atoms with Gasteiger partial charge in [-0.15, -0.1) is 0 Å². The number of nitrogens with zero attached hydrogens (tertiary/aromatic N) is 1. The fraction of sp³-hybridized carbons (Fsp3) is 0.308. The first-order valence-corrected chi connectivity index (χ1v) is 6.12. The Morgan fingerprint density at radius 1 is 1.50 bits per heavy atom. The van der Waals surface area contributed by atoms with Crippen molar-refractivity contribution in [2.75, 3.05) is 5.32 Å². The molecule has 0 radical (unpaired) electrons. The maximum absolute atomic E-state index is 9.95. The van der Waals surface area contributed by atoms with Crippen molar-refractivity contribution in [2.45, 2.75) is 25.5 Å². The molecule has 0 aliphatic rings. The van der Waals surface area contributed by atoms with Gasteiger partial charge in [-0.3, -0.25) is 4.98 Å². The van der Waals surface area contributed by atoms with E-state index >= 15 is 0 Å². The topological polar surface area (TPSA) is 58.3 Å². The van der Waals surface area contributed by atoms with Crippen molar-refractivity contribution in [2.24, 2.45) is 0 Å². The predicted molar refractivity (Wildman–Crippen MR) is 70.6 cm³/mol. The van der Waals surface area contributed by atoms with Crippen molar-refractivity contribution in [1.82, 2.24) is 4.98 Å². The number of pyridine rings is 1. The number of furan rings is 1. The number of aliphatic hydroxyl groups excluding tert-OH is 1. The first kappa shape index (κ1) is 12.9. The third-order valence-corrected chi connectivity index (χ3v) is 2.92. The summed E-state index contributed by atoms with van der Waals surface area (Å²) >= 11 is 6.00. The highest BCUT2D eigenvalue weighted by atomic mass is 35.5. The second-order valence-electron chi connectivity index (χ2n) is 4.17. The van der Waals surface area contributed by atoms with E-state index in [2.05, 4.69) is 10.3 Å². The van der Waals surface area contributed by atoms with Crippen LogP contribution in [0, 0.1) is 0 Å². The summed E-state index contributed by atoms with van der Waals surface area (Å²) in [7, 11) is 0. The maximum Gasteiger partial charge on any atom is 0.132 e. The molecule has 0 fully saturated rings. The smallest absolute Gasteiger partial charge is 0.132 e. The molecule has 2 aromatic heterocycles. The van der Waals surface area contributed by atoms with Gasteiger partial charge in [0.2, 0.25) is 0 Å². The van der Waals surface area contributed by atoms with Gasteiger partial charge >= 0.3 is 0 Å². The number of halogens is 1. The van der Waals surface area contributed by atoms with E-state index in [-0.39, 0.29) is 6.04 Å². The SMILES string of the molecule is CC(CC(O)c1ccco1)Nc1ccncc1Cl.